The first-order valence-corrected chi connectivity index (χ1v) is 5.75. The van der Waals surface area contributed by atoms with Crippen LogP contribution in [0.3, 0.4) is 0 Å². The van der Waals surface area contributed by atoms with E-state index in [0.29, 0.717) is 6.54 Å². The number of nitrogens with one attached hydrogen (secondary N) is 1. The van der Waals surface area contributed by atoms with Crippen LogP contribution in [-0.4, -0.2) is 41.7 Å². The van der Waals surface area contributed by atoms with Crippen LogP contribution in [0.4, 0.5) is 13.2 Å². The van der Waals surface area contributed by atoms with E-state index in [2.05, 4.69) is 11.9 Å². The van der Waals surface area contributed by atoms with Crippen LogP contribution in [-0.2, 0) is 14.4 Å². The molecule has 122 valence electrons. The number of aliphatic carboxylic acids is 1. The first-order valence-electron chi connectivity index (χ1n) is 5.75. The quantitative estimate of drug-likeness (QED) is 0.384. The molecule has 0 saturated carbocycles. The molecule has 0 heterocycles. The van der Waals surface area contributed by atoms with E-state index in [-0.39, 0.29) is 12.3 Å². The van der Waals surface area contributed by atoms with Crippen molar-refractivity contribution in [2.75, 3.05) is 6.54 Å². The van der Waals surface area contributed by atoms with Crippen LogP contribution in [0.5, 0.6) is 0 Å². The van der Waals surface area contributed by atoms with Gasteiger partial charge in [0.25, 0.3) is 0 Å². The minimum atomic E-state index is -5.08. The molecule has 2 amide bonds. The summed E-state index contributed by atoms with van der Waals surface area (Å²) in [5.74, 6) is -3.67. The van der Waals surface area contributed by atoms with Crippen molar-refractivity contribution >= 4 is 17.8 Å². The second kappa shape index (κ2) is 10.7. The second-order valence-corrected chi connectivity index (χ2v) is 3.80. The molecule has 0 spiro atoms. The molecular formula is C11H18F3N3O4. The molecule has 1 atom stereocenters. The van der Waals surface area contributed by atoms with Crippen LogP contribution in [0.2, 0.25) is 0 Å². The average Bonchev–Trinajstić information content (AvgIpc) is 2.33. The number of amides is 2. The monoisotopic (exact) mass is 313 g/mol. The minimum absolute atomic E-state index is 0.118. The van der Waals surface area contributed by atoms with Crippen molar-refractivity contribution in [3.05, 3.63) is 12.7 Å². The molecular weight excluding hydrogens is 295 g/mol. The number of primary amides is 1. The number of unbranched alkanes of at least 4 members (excludes halogenated alkanes) is 1. The second-order valence-electron chi connectivity index (χ2n) is 3.80. The normalized spacial score (nSPS) is 11.6. The summed E-state index contributed by atoms with van der Waals surface area (Å²) in [6.45, 7) is 4.09. The standard InChI is InChI=1S/C9H17N3O2.C2HF3O2/c1-2-3-4-5-12-9(14)7(10)6-8(11)13;3-2(4,5)1(6)7/h2,7H,1,3-6,10H2,(H2,11,13)(H,12,14);(H,6,7)/t7-;/m0./s1. The number of hydrogen-bond donors (Lipinski definition) is 4. The van der Waals surface area contributed by atoms with Gasteiger partial charge < -0.3 is 21.9 Å². The Labute approximate surface area is 119 Å². The van der Waals surface area contributed by atoms with Gasteiger partial charge in [-0.05, 0) is 12.8 Å². The Hall–Kier alpha value is -2.10. The first kappa shape index (κ1) is 21.2. The van der Waals surface area contributed by atoms with Gasteiger partial charge in [-0.25, -0.2) is 4.79 Å². The average molecular weight is 313 g/mol. The Bertz CT molecular complexity index is 372. The Balaban J connectivity index is 0. The Morgan fingerprint density at radius 1 is 1.33 bits per heavy atom. The van der Waals surface area contributed by atoms with Gasteiger partial charge in [0.05, 0.1) is 12.5 Å². The zero-order valence-corrected chi connectivity index (χ0v) is 11.2. The molecule has 6 N–H and O–H groups in total. The Morgan fingerprint density at radius 3 is 2.14 bits per heavy atom. The lowest BCUT2D eigenvalue weighted by atomic mass is 10.2. The molecule has 0 aliphatic rings. The highest BCUT2D eigenvalue weighted by molar-refractivity contribution is 5.87. The number of halogens is 3. The number of carboxylic acids is 1. The number of allylic oxidation sites excluding steroid dienone is 1. The molecule has 21 heavy (non-hydrogen) atoms. The first-order chi connectivity index (χ1) is 9.52. The number of hydrogen-bond acceptors (Lipinski definition) is 4. The van der Waals surface area contributed by atoms with E-state index >= 15 is 0 Å². The summed E-state index contributed by atoms with van der Waals surface area (Å²) in [7, 11) is 0. The van der Waals surface area contributed by atoms with Crippen LogP contribution < -0.4 is 16.8 Å². The highest BCUT2D eigenvalue weighted by Crippen LogP contribution is 2.13. The summed E-state index contributed by atoms with van der Waals surface area (Å²) >= 11 is 0. The predicted molar refractivity (Wildman–Crippen MR) is 67.9 cm³/mol. The number of nitrogens with two attached hydrogens (primary N) is 2. The Morgan fingerprint density at radius 2 is 1.81 bits per heavy atom. The molecule has 0 aliphatic heterocycles. The van der Waals surface area contributed by atoms with Gasteiger partial charge in [-0.15, -0.1) is 6.58 Å². The SMILES string of the molecule is C=CCCCNC(=O)[C@@H](N)CC(N)=O.O=C(O)C(F)(F)F. The van der Waals surface area contributed by atoms with Crippen LogP contribution in [0.1, 0.15) is 19.3 Å². The van der Waals surface area contributed by atoms with Gasteiger partial charge in [0.2, 0.25) is 11.8 Å². The van der Waals surface area contributed by atoms with Crippen molar-refractivity contribution in [3.8, 4) is 0 Å². The van der Waals surface area contributed by atoms with Gasteiger partial charge in [-0.2, -0.15) is 13.2 Å². The Kier molecular flexibility index (Phi) is 10.8. The smallest absolute Gasteiger partial charge is 0.475 e. The number of carbonyl (C=O) groups is 3. The zero-order valence-electron chi connectivity index (χ0n) is 11.2. The van der Waals surface area contributed by atoms with E-state index in [0.717, 1.165) is 12.8 Å². The molecule has 0 aromatic rings. The van der Waals surface area contributed by atoms with E-state index in [1.807, 2.05) is 0 Å². The summed E-state index contributed by atoms with van der Waals surface area (Å²) in [5, 5.41) is 9.73. The van der Waals surface area contributed by atoms with Gasteiger partial charge in [0.1, 0.15) is 0 Å². The molecule has 0 unspecified atom stereocenters. The van der Waals surface area contributed by atoms with Crippen LogP contribution in [0, 0.1) is 0 Å². The maximum Gasteiger partial charge on any atom is 0.490 e. The lowest BCUT2D eigenvalue weighted by Gasteiger charge is -2.09. The third-order valence-corrected chi connectivity index (χ3v) is 1.88. The fourth-order valence-electron chi connectivity index (χ4n) is 0.899. The number of alkyl halides is 3. The molecule has 7 nitrogen and oxygen atoms in total. The van der Waals surface area contributed by atoms with E-state index in [9.17, 15) is 22.8 Å². The largest absolute Gasteiger partial charge is 0.490 e. The van der Waals surface area contributed by atoms with Crippen LogP contribution in [0.15, 0.2) is 12.7 Å². The van der Waals surface area contributed by atoms with Gasteiger partial charge in [-0.3, -0.25) is 9.59 Å². The molecule has 0 aliphatic carbocycles. The fraction of sp³-hybridized carbons (Fsp3) is 0.545. The third kappa shape index (κ3) is 14.1. The van der Waals surface area contributed by atoms with E-state index in [1.54, 1.807) is 6.08 Å². The summed E-state index contributed by atoms with van der Waals surface area (Å²) in [6, 6.07) is -0.837. The molecule has 0 fully saturated rings. The molecule has 0 aromatic carbocycles. The van der Waals surface area contributed by atoms with Crippen molar-refractivity contribution in [1.82, 2.24) is 5.32 Å². The lowest BCUT2D eigenvalue weighted by molar-refractivity contribution is -0.192. The topological polar surface area (TPSA) is 136 Å². The van der Waals surface area contributed by atoms with E-state index in [4.69, 9.17) is 21.4 Å². The third-order valence-electron chi connectivity index (χ3n) is 1.88. The molecule has 0 saturated heterocycles. The lowest BCUT2D eigenvalue weighted by Crippen LogP contribution is -2.43. The maximum absolute atomic E-state index is 11.2. The minimum Gasteiger partial charge on any atom is -0.475 e. The van der Waals surface area contributed by atoms with E-state index < -0.39 is 24.1 Å². The molecule has 0 rings (SSSR count). The van der Waals surface area contributed by atoms with Crippen molar-refractivity contribution in [3.63, 3.8) is 0 Å². The maximum atomic E-state index is 11.2. The fourth-order valence-corrected chi connectivity index (χ4v) is 0.899. The van der Waals surface area contributed by atoms with Crippen LogP contribution in [0.25, 0.3) is 0 Å². The summed E-state index contributed by atoms with van der Waals surface area (Å²) in [5.41, 5.74) is 10.3. The summed E-state index contributed by atoms with van der Waals surface area (Å²) in [6.07, 6.45) is -1.77. The van der Waals surface area contributed by atoms with E-state index in [1.165, 1.54) is 0 Å². The molecule has 0 aromatic heterocycles. The molecule has 0 bridgehead atoms. The van der Waals surface area contributed by atoms with Gasteiger partial charge in [0.15, 0.2) is 0 Å². The van der Waals surface area contributed by atoms with Gasteiger partial charge >= 0.3 is 12.1 Å². The van der Waals surface area contributed by atoms with Crippen molar-refractivity contribution in [2.45, 2.75) is 31.5 Å². The van der Waals surface area contributed by atoms with Crippen LogP contribution >= 0.6 is 0 Å². The number of rotatable bonds is 7. The molecule has 10 heteroatoms. The zero-order chi connectivity index (χ0) is 17.1. The van der Waals surface area contributed by atoms with Crippen molar-refractivity contribution < 1.29 is 32.7 Å². The molecule has 0 radical (unpaired) electrons. The van der Waals surface area contributed by atoms with Crippen molar-refractivity contribution in [1.29, 1.82) is 0 Å². The highest BCUT2D eigenvalue weighted by Gasteiger charge is 2.38. The van der Waals surface area contributed by atoms with Gasteiger partial charge in [-0.1, -0.05) is 6.08 Å². The highest BCUT2D eigenvalue weighted by atomic mass is 19.4. The van der Waals surface area contributed by atoms with Gasteiger partial charge in [0, 0.05) is 6.54 Å². The summed E-state index contributed by atoms with van der Waals surface area (Å²) < 4.78 is 31.7. The summed E-state index contributed by atoms with van der Waals surface area (Å²) in [4.78, 5) is 30.5. The predicted octanol–water partition coefficient (Wildman–Crippen LogP) is -0.0952. The van der Waals surface area contributed by atoms with Crippen molar-refractivity contribution in [2.24, 2.45) is 11.5 Å². The number of carboxylic acid groups (broad SMARTS) is 1. The number of carbonyl (C=O) groups excluding carboxylic acids is 2.